The highest BCUT2D eigenvalue weighted by Crippen LogP contribution is 2.23. The molecule has 4 heteroatoms. The van der Waals surface area contributed by atoms with Gasteiger partial charge in [0, 0.05) is 42.8 Å². The summed E-state index contributed by atoms with van der Waals surface area (Å²) < 4.78 is 2.23. The van der Waals surface area contributed by atoms with E-state index < -0.39 is 0 Å². The van der Waals surface area contributed by atoms with E-state index in [1.165, 1.54) is 5.69 Å². The van der Waals surface area contributed by atoms with Crippen molar-refractivity contribution < 1.29 is 4.79 Å². The number of carbonyl (C=O) groups excluding carboxylic acids is 1. The van der Waals surface area contributed by atoms with Gasteiger partial charge in [-0.15, -0.1) is 0 Å². The molecule has 1 aliphatic heterocycles. The number of aryl methyl sites for hydroxylation is 1. The number of carbonyl (C=O) groups is 1. The van der Waals surface area contributed by atoms with Gasteiger partial charge in [0.2, 0.25) is 5.91 Å². The molecule has 1 aromatic carbocycles. The van der Waals surface area contributed by atoms with Crippen LogP contribution in [0, 0.1) is 0 Å². The maximum atomic E-state index is 11.7. The third-order valence-electron chi connectivity index (χ3n) is 3.99. The van der Waals surface area contributed by atoms with Crippen molar-refractivity contribution in [2.75, 3.05) is 16.8 Å². The van der Waals surface area contributed by atoms with Crippen LogP contribution >= 0.6 is 0 Å². The molecule has 0 aliphatic carbocycles. The summed E-state index contributed by atoms with van der Waals surface area (Å²) in [6.07, 6.45) is 3.74. The minimum Gasteiger partial charge on any atom is -0.379 e. The fourth-order valence-corrected chi connectivity index (χ4v) is 2.79. The van der Waals surface area contributed by atoms with Crippen LogP contribution in [-0.4, -0.2) is 17.0 Å². The Morgan fingerprint density at radius 1 is 1.19 bits per heavy atom. The van der Waals surface area contributed by atoms with E-state index in [0.29, 0.717) is 6.42 Å². The van der Waals surface area contributed by atoms with E-state index in [0.717, 1.165) is 37.4 Å². The van der Waals surface area contributed by atoms with E-state index in [1.54, 1.807) is 0 Å². The van der Waals surface area contributed by atoms with Crippen LogP contribution in [0.5, 0.6) is 0 Å². The van der Waals surface area contributed by atoms with Gasteiger partial charge in [0.15, 0.2) is 0 Å². The van der Waals surface area contributed by atoms with Gasteiger partial charge < -0.3 is 14.8 Å². The summed E-state index contributed by atoms with van der Waals surface area (Å²) in [5.41, 5.74) is 3.35. The van der Waals surface area contributed by atoms with E-state index in [2.05, 4.69) is 35.1 Å². The topological polar surface area (TPSA) is 37.3 Å². The maximum Gasteiger partial charge on any atom is 0.227 e. The first-order chi connectivity index (χ1) is 10.3. The lowest BCUT2D eigenvalue weighted by atomic mass is 10.2. The minimum atomic E-state index is 0.233. The van der Waals surface area contributed by atoms with Gasteiger partial charge >= 0.3 is 0 Å². The second-order valence-electron chi connectivity index (χ2n) is 5.33. The first-order valence-corrected chi connectivity index (χ1v) is 7.56. The molecule has 2 aromatic rings. The number of anilines is 2. The number of hydrogen-bond acceptors (Lipinski definition) is 2. The first-order valence-electron chi connectivity index (χ1n) is 7.56. The van der Waals surface area contributed by atoms with Crippen LogP contribution in [0.25, 0.3) is 0 Å². The lowest BCUT2D eigenvalue weighted by Crippen LogP contribution is -2.23. The fourth-order valence-electron chi connectivity index (χ4n) is 2.79. The zero-order valence-electron chi connectivity index (χ0n) is 12.4. The number of nitrogens with one attached hydrogen (secondary N) is 1. The van der Waals surface area contributed by atoms with Gasteiger partial charge in [0.1, 0.15) is 0 Å². The molecule has 0 spiro atoms. The van der Waals surface area contributed by atoms with Crippen molar-refractivity contribution >= 4 is 17.3 Å². The molecule has 1 aliphatic rings. The van der Waals surface area contributed by atoms with Gasteiger partial charge in [-0.3, -0.25) is 4.79 Å². The fraction of sp³-hybridized carbons (Fsp3) is 0.353. The molecule has 1 fully saturated rings. The summed E-state index contributed by atoms with van der Waals surface area (Å²) >= 11 is 0. The molecule has 0 radical (unpaired) electrons. The Morgan fingerprint density at radius 3 is 2.67 bits per heavy atom. The molecule has 1 aromatic heterocycles. The third kappa shape index (κ3) is 2.94. The normalized spacial score (nSPS) is 14.7. The second kappa shape index (κ2) is 6.04. The number of rotatable bonds is 5. The smallest absolute Gasteiger partial charge is 0.227 e. The number of aromatic nitrogens is 1. The summed E-state index contributed by atoms with van der Waals surface area (Å²) in [6.45, 7) is 4.78. The molecule has 4 nitrogen and oxygen atoms in total. The Kier molecular flexibility index (Phi) is 3.95. The van der Waals surface area contributed by atoms with Gasteiger partial charge in [-0.05, 0) is 49.7 Å². The summed E-state index contributed by atoms with van der Waals surface area (Å²) in [5.74, 6) is 0.233. The number of hydrogen-bond donors (Lipinski definition) is 1. The Labute approximate surface area is 125 Å². The van der Waals surface area contributed by atoms with Gasteiger partial charge in [-0.1, -0.05) is 0 Å². The van der Waals surface area contributed by atoms with Crippen LogP contribution in [0.1, 0.15) is 25.5 Å². The van der Waals surface area contributed by atoms with Gasteiger partial charge in [-0.25, -0.2) is 0 Å². The van der Waals surface area contributed by atoms with E-state index >= 15 is 0 Å². The molecule has 0 bridgehead atoms. The van der Waals surface area contributed by atoms with E-state index in [-0.39, 0.29) is 5.91 Å². The van der Waals surface area contributed by atoms with Crippen molar-refractivity contribution in [2.24, 2.45) is 0 Å². The quantitative estimate of drug-likeness (QED) is 0.914. The average Bonchev–Trinajstić information content (AvgIpc) is 3.14. The summed E-state index contributed by atoms with van der Waals surface area (Å²) in [6, 6.07) is 12.3. The maximum absolute atomic E-state index is 11.7. The SMILES string of the molecule is CCn1cccc1CNc1ccc(N2CCCC2=O)cc1. The molecule has 1 amide bonds. The molecule has 0 atom stereocenters. The van der Waals surface area contributed by atoms with Gasteiger partial charge in [0.05, 0.1) is 6.54 Å². The van der Waals surface area contributed by atoms with E-state index in [4.69, 9.17) is 0 Å². The highest BCUT2D eigenvalue weighted by Gasteiger charge is 2.21. The van der Waals surface area contributed by atoms with Crippen LogP contribution in [0.2, 0.25) is 0 Å². The minimum absolute atomic E-state index is 0.233. The number of benzene rings is 1. The van der Waals surface area contributed by atoms with Crippen LogP contribution < -0.4 is 10.2 Å². The Balaban J connectivity index is 1.63. The van der Waals surface area contributed by atoms with Crippen molar-refractivity contribution in [1.82, 2.24) is 4.57 Å². The summed E-state index contributed by atoms with van der Waals surface area (Å²) in [4.78, 5) is 13.6. The average molecular weight is 283 g/mol. The number of nitrogens with zero attached hydrogens (tertiary/aromatic N) is 2. The predicted molar refractivity (Wildman–Crippen MR) is 85.5 cm³/mol. The monoisotopic (exact) mass is 283 g/mol. The standard InChI is InChI=1S/C17H21N3O/c1-2-19-11-3-5-16(19)13-18-14-7-9-15(10-8-14)20-12-4-6-17(20)21/h3,5,7-11,18H,2,4,6,12-13H2,1H3. The Hall–Kier alpha value is -2.23. The van der Waals surface area contributed by atoms with Crippen molar-refractivity contribution in [3.05, 3.63) is 48.3 Å². The molecule has 1 saturated heterocycles. The summed E-state index contributed by atoms with van der Waals surface area (Å²) in [7, 11) is 0. The lowest BCUT2D eigenvalue weighted by Gasteiger charge is -2.16. The van der Waals surface area contributed by atoms with Crippen LogP contribution in [-0.2, 0) is 17.9 Å². The van der Waals surface area contributed by atoms with E-state index in [9.17, 15) is 4.79 Å². The molecule has 0 saturated carbocycles. The van der Waals surface area contributed by atoms with Crippen molar-refractivity contribution in [3.8, 4) is 0 Å². The highest BCUT2D eigenvalue weighted by atomic mass is 16.2. The van der Waals surface area contributed by atoms with Crippen LogP contribution in [0.3, 0.4) is 0 Å². The zero-order valence-corrected chi connectivity index (χ0v) is 12.4. The van der Waals surface area contributed by atoms with Gasteiger partial charge in [0.25, 0.3) is 0 Å². The molecule has 3 rings (SSSR count). The molecule has 0 unspecified atom stereocenters. The van der Waals surface area contributed by atoms with Gasteiger partial charge in [-0.2, -0.15) is 0 Å². The molecule has 2 heterocycles. The molecule has 110 valence electrons. The second-order valence-corrected chi connectivity index (χ2v) is 5.33. The molecular formula is C17H21N3O. The van der Waals surface area contributed by atoms with E-state index in [1.807, 2.05) is 29.2 Å². The molecule has 1 N–H and O–H groups in total. The zero-order chi connectivity index (χ0) is 14.7. The number of amides is 1. The Morgan fingerprint density at radius 2 is 2.00 bits per heavy atom. The van der Waals surface area contributed by atoms with Crippen molar-refractivity contribution in [1.29, 1.82) is 0 Å². The van der Waals surface area contributed by atoms with Crippen LogP contribution in [0.4, 0.5) is 11.4 Å². The molecule has 21 heavy (non-hydrogen) atoms. The molecular weight excluding hydrogens is 262 g/mol. The highest BCUT2D eigenvalue weighted by molar-refractivity contribution is 5.95. The van der Waals surface area contributed by atoms with Crippen LogP contribution in [0.15, 0.2) is 42.6 Å². The predicted octanol–water partition coefficient (Wildman–Crippen LogP) is 3.25. The van der Waals surface area contributed by atoms with Crippen molar-refractivity contribution in [3.63, 3.8) is 0 Å². The Bertz CT molecular complexity index is 615. The van der Waals surface area contributed by atoms with Crippen molar-refractivity contribution in [2.45, 2.75) is 32.9 Å². The summed E-state index contributed by atoms with van der Waals surface area (Å²) in [5, 5.41) is 3.43. The first kappa shape index (κ1) is 13.7. The largest absolute Gasteiger partial charge is 0.379 e. The lowest BCUT2D eigenvalue weighted by molar-refractivity contribution is -0.117. The third-order valence-corrected chi connectivity index (χ3v) is 3.99.